The van der Waals surface area contributed by atoms with E-state index >= 15 is 0 Å². The first-order valence-corrected chi connectivity index (χ1v) is 8.62. The maximum Gasteiger partial charge on any atom is 0.244 e. The van der Waals surface area contributed by atoms with Gasteiger partial charge in [0.15, 0.2) is 0 Å². The Hall–Kier alpha value is -2.75. The molecule has 0 saturated heterocycles. The van der Waals surface area contributed by atoms with E-state index in [0.717, 1.165) is 34.6 Å². The Morgan fingerprint density at radius 3 is 2.88 bits per heavy atom. The van der Waals surface area contributed by atoms with Crippen molar-refractivity contribution in [2.45, 2.75) is 32.9 Å². The molecule has 4 nitrogen and oxygen atoms in total. The van der Waals surface area contributed by atoms with E-state index < -0.39 is 0 Å². The van der Waals surface area contributed by atoms with E-state index in [0.29, 0.717) is 13.2 Å². The Balaban J connectivity index is 1.69. The van der Waals surface area contributed by atoms with Crippen molar-refractivity contribution >= 4 is 12.0 Å². The van der Waals surface area contributed by atoms with Crippen molar-refractivity contribution in [3.05, 3.63) is 65.2 Å². The molecule has 0 spiro atoms. The van der Waals surface area contributed by atoms with Crippen LogP contribution in [-0.2, 0) is 17.8 Å². The Morgan fingerprint density at radius 2 is 2.12 bits per heavy atom. The molecule has 1 atom stereocenters. The topological polar surface area (TPSA) is 47.6 Å². The highest BCUT2D eigenvalue weighted by molar-refractivity contribution is 5.92. The number of fused-ring (bicyclic) bond motifs is 1. The third-order valence-electron chi connectivity index (χ3n) is 4.05. The molecular weight excluding hydrogens is 314 g/mol. The molecule has 0 saturated carbocycles. The highest BCUT2D eigenvalue weighted by Crippen LogP contribution is 2.35. The summed E-state index contributed by atoms with van der Waals surface area (Å²) in [7, 11) is 0. The molecule has 25 heavy (non-hydrogen) atoms. The van der Waals surface area contributed by atoms with Crippen molar-refractivity contribution < 1.29 is 14.3 Å². The number of carbonyl (C=O) groups is 1. The minimum Gasteiger partial charge on any atom is -0.493 e. The predicted molar refractivity (Wildman–Crippen MR) is 98.7 cm³/mol. The molecule has 0 bridgehead atoms. The normalized spacial score (nSPS) is 15.7. The summed E-state index contributed by atoms with van der Waals surface area (Å²) in [5.41, 5.74) is 3.07. The molecule has 1 heterocycles. The number of nitrogens with one attached hydrogen (secondary N) is 1. The van der Waals surface area contributed by atoms with Crippen LogP contribution in [0.4, 0.5) is 0 Å². The molecular formula is C21H23NO3. The zero-order valence-electron chi connectivity index (χ0n) is 14.6. The Kier molecular flexibility index (Phi) is 5.39. The second-order valence-electron chi connectivity index (χ2n) is 6.10. The van der Waals surface area contributed by atoms with E-state index in [2.05, 4.69) is 5.32 Å². The van der Waals surface area contributed by atoms with E-state index in [1.165, 1.54) is 6.08 Å². The first kappa shape index (κ1) is 17.1. The number of ether oxygens (including phenoxy) is 2. The lowest BCUT2D eigenvalue weighted by Crippen LogP contribution is -2.20. The molecule has 0 fully saturated rings. The maximum absolute atomic E-state index is 12.1. The minimum atomic E-state index is -0.138. The summed E-state index contributed by atoms with van der Waals surface area (Å²) in [6.45, 7) is 5.09. The van der Waals surface area contributed by atoms with Gasteiger partial charge >= 0.3 is 0 Å². The van der Waals surface area contributed by atoms with Gasteiger partial charge in [-0.3, -0.25) is 4.79 Å². The van der Waals surface area contributed by atoms with Crippen LogP contribution in [0.3, 0.4) is 0 Å². The number of hydrogen-bond acceptors (Lipinski definition) is 3. The van der Waals surface area contributed by atoms with Gasteiger partial charge in [0.1, 0.15) is 17.6 Å². The Bertz CT molecular complexity index is 768. The van der Waals surface area contributed by atoms with E-state index in [4.69, 9.17) is 9.47 Å². The highest BCUT2D eigenvalue weighted by Gasteiger charge is 2.21. The molecule has 1 aliphatic rings. The lowest BCUT2D eigenvalue weighted by Gasteiger charge is -2.10. The third-order valence-corrected chi connectivity index (χ3v) is 4.05. The van der Waals surface area contributed by atoms with Crippen LogP contribution in [0.2, 0.25) is 0 Å². The fraction of sp³-hybridized carbons (Fsp3) is 0.286. The summed E-state index contributed by atoms with van der Waals surface area (Å²) in [6, 6.07) is 13.8. The first-order valence-electron chi connectivity index (χ1n) is 8.62. The average Bonchev–Trinajstić information content (AvgIpc) is 2.98. The van der Waals surface area contributed by atoms with Crippen molar-refractivity contribution in [1.29, 1.82) is 0 Å². The maximum atomic E-state index is 12.1. The first-order chi connectivity index (χ1) is 12.2. The molecule has 2 aromatic carbocycles. The van der Waals surface area contributed by atoms with Crippen LogP contribution in [0.15, 0.2) is 48.5 Å². The van der Waals surface area contributed by atoms with Crippen LogP contribution in [0.1, 0.15) is 30.5 Å². The van der Waals surface area contributed by atoms with Crippen molar-refractivity contribution in [1.82, 2.24) is 5.32 Å². The lowest BCUT2D eigenvalue weighted by atomic mass is 10.1. The van der Waals surface area contributed by atoms with Crippen LogP contribution in [0, 0.1) is 0 Å². The molecule has 2 aromatic rings. The number of rotatable bonds is 6. The molecule has 0 radical (unpaired) electrons. The van der Waals surface area contributed by atoms with Crippen LogP contribution in [-0.4, -0.2) is 18.6 Å². The quantitative estimate of drug-likeness (QED) is 0.817. The van der Waals surface area contributed by atoms with Gasteiger partial charge in [-0.2, -0.15) is 0 Å². The van der Waals surface area contributed by atoms with E-state index in [9.17, 15) is 4.79 Å². The number of benzene rings is 2. The van der Waals surface area contributed by atoms with Gasteiger partial charge in [0.05, 0.1) is 6.61 Å². The number of amides is 1. The van der Waals surface area contributed by atoms with Crippen LogP contribution < -0.4 is 14.8 Å². The van der Waals surface area contributed by atoms with Gasteiger partial charge in [-0.1, -0.05) is 30.3 Å². The predicted octanol–water partition coefficient (Wildman–Crippen LogP) is 3.74. The summed E-state index contributed by atoms with van der Waals surface area (Å²) in [6.07, 6.45) is 4.37. The summed E-state index contributed by atoms with van der Waals surface area (Å²) in [5, 5.41) is 2.88. The van der Waals surface area contributed by atoms with Gasteiger partial charge in [-0.15, -0.1) is 0 Å². The third kappa shape index (κ3) is 4.41. The van der Waals surface area contributed by atoms with Crippen molar-refractivity contribution in [2.75, 3.05) is 6.61 Å². The summed E-state index contributed by atoms with van der Waals surface area (Å²) in [4.78, 5) is 12.1. The molecule has 1 aliphatic heterocycles. The fourth-order valence-electron chi connectivity index (χ4n) is 2.88. The molecule has 4 heteroatoms. The molecule has 1 unspecified atom stereocenters. The van der Waals surface area contributed by atoms with Crippen molar-refractivity contribution in [2.24, 2.45) is 0 Å². The van der Waals surface area contributed by atoms with Crippen molar-refractivity contribution in [3.8, 4) is 11.5 Å². The minimum absolute atomic E-state index is 0.138. The molecule has 130 valence electrons. The molecule has 1 amide bonds. The zero-order valence-corrected chi connectivity index (χ0v) is 14.6. The summed E-state index contributed by atoms with van der Waals surface area (Å²) in [5.74, 6) is 1.52. The Labute approximate surface area is 148 Å². The number of hydrogen-bond donors (Lipinski definition) is 1. The second-order valence-corrected chi connectivity index (χ2v) is 6.10. The van der Waals surface area contributed by atoms with E-state index in [1.54, 1.807) is 6.08 Å². The average molecular weight is 337 g/mol. The summed E-state index contributed by atoms with van der Waals surface area (Å²) < 4.78 is 11.5. The van der Waals surface area contributed by atoms with Crippen LogP contribution in [0.5, 0.6) is 11.5 Å². The lowest BCUT2D eigenvalue weighted by molar-refractivity contribution is -0.116. The largest absolute Gasteiger partial charge is 0.493 e. The smallest absolute Gasteiger partial charge is 0.244 e. The second kappa shape index (κ2) is 7.88. The summed E-state index contributed by atoms with van der Waals surface area (Å²) >= 11 is 0. The van der Waals surface area contributed by atoms with Crippen LogP contribution >= 0.6 is 0 Å². The van der Waals surface area contributed by atoms with Gasteiger partial charge in [-0.05, 0) is 37.6 Å². The molecule has 3 rings (SSSR count). The van der Waals surface area contributed by atoms with Gasteiger partial charge in [0.2, 0.25) is 5.91 Å². The molecule has 0 aromatic heterocycles. The van der Waals surface area contributed by atoms with E-state index in [1.807, 2.05) is 56.3 Å². The van der Waals surface area contributed by atoms with Gasteiger partial charge in [0.25, 0.3) is 0 Å². The van der Waals surface area contributed by atoms with Crippen LogP contribution in [0.25, 0.3) is 6.08 Å². The fourth-order valence-corrected chi connectivity index (χ4v) is 2.88. The van der Waals surface area contributed by atoms with Gasteiger partial charge < -0.3 is 14.8 Å². The number of carbonyl (C=O) groups excluding carboxylic acids is 1. The zero-order chi connectivity index (χ0) is 17.6. The molecule has 1 N–H and O–H groups in total. The van der Waals surface area contributed by atoms with E-state index in [-0.39, 0.29) is 12.0 Å². The van der Waals surface area contributed by atoms with Crippen molar-refractivity contribution in [3.63, 3.8) is 0 Å². The van der Waals surface area contributed by atoms with Gasteiger partial charge in [0, 0.05) is 30.2 Å². The monoisotopic (exact) mass is 337 g/mol. The highest BCUT2D eigenvalue weighted by atomic mass is 16.5. The van der Waals surface area contributed by atoms with Gasteiger partial charge in [-0.25, -0.2) is 0 Å². The molecule has 0 aliphatic carbocycles. The Morgan fingerprint density at radius 1 is 1.32 bits per heavy atom. The standard InChI is InChI=1S/C21H23NO3/c1-3-24-19-13-18-11-15(2)25-20(18)12-17(19)9-10-21(23)22-14-16-7-5-4-6-8-16/h4-10,12-13,15H,3,11,14H2,1-2H3,(H,22,23)/b10-9+. The SMILES string of the molecule is CCOc1cc2c(cc1/C=C/C(=O)NCc1ccccc1)OC(C)C2.